The Balaban J connectivity index is 3.79. The molecule has 0 aliphatic carbocycles. The summed E-state index contributed by atoms with van der Waals surface area (Å²) in [6.07, 6.45) is 1.07. The minimum atomic E-state index is -0.842. The SMILES string of the molecule is CCOC(=O)CN(C)C(=O)NCCCC(C)C(=O)O. The number of hydrogen-bond donors (Lipinski definition) is 2. The van der Waals surface area contributed by atoms with Gasteiger partial charge in [-0.3, -0.25) is 9.59 Å². The molecule has 0 bridgehead atoms. The number of carboxylic acids is 1. The van der Waals surface area contributed by atoms with Crippen LogP contribution in [0.25, 0.3) is 0 Å². The van der Waals surface area contributed by atoms with Gasteiger partial charge < -0.3 is 20.1 Å². The number of carbonyl (C=O) groups excluding carboxylic acids is 2. The Kier molecular flexibility index (Phi) is 8.32. The summed E-state index contributed by atoms with van der Waals surface area (Å²) in [5, 5.41) is 11.3. The van der Waals surface area contributed by atoms with Gasteiger partial charge in [-0.1, -0.05) is 6.92 Å². The van der Waals surface area contributed by atoms with E-state index in [-0.39, 0.29) is 19.2 Å². The number of hydrogen-bond acceptors (Lipinski definition) is 4. The number of amides is 2. The van der Waals surface area contributed by atoms with Crippen LogP contribution in [0.4, 0.5) is 4.79 Å². The first kappa shape index (κ1) is 17.2. The predicted octanol–water partition coefficient (Wildman–Crippen LogP) is 0.692. The van der Waals surface area contributed by atoms with E-state index >= 15 is 0 Å². The highest BCUT2D eigenvalue weighted by Gasteiger charge is 2.14. The minimum absolute atomic E-state index is 0.106. The third-order valence-corrected chi connectivity index (χ3v) is 2.53. The van der Waals surface area contributed by atoms with E-state index in [0.717, 1.165) is 0 Å². The van der Waals surface area contributed by atoms with Crippen molar-refractivity contribution in [3.63, 3.8) is 0 Å². The van der Waals surface area contributed by atoms with Crippen LogP contribution in [0.15, 0.2) is 0 Å². The fourth-order valence-corrected chi connectivity index (χ4v) is 1.33. The minimum Gasteiger partial charge on any atom is -0.481 e. The van der Waals surface area contributed by atoms with Crippen LogP contribution in [0.1, 0.15) is 26.7 Å². The van der Waals surface area contributed by atoms with Crippen molar-refractivity contribution in [1.82, 2.24) is 10.2 Å². The molecule has 0 spiro atoms. The van der Waals surface area contributed by atoms with Gasteiger partial charge in [0.25, 0.3) is 0 Å². The van der Waals surface area contributed by atoms with Gasteiger partial charge in [-0.15, -0.1) is 0 Å². The first-order chi connectivity index (χ1) is 8.88. The summed E-state index contributed by atoms with van der Waals surface area (Å²) in [7, 11) is 1.49. The fraction of sp³-hybridized carbons (Fsp3) is 0.750. The molecule has 0 aliphatic rings. The first-order valence-electron chi connectivity index (χ1n) is 6.25. The fourth-order valence-electron chi connectivity index (χ4n) is 1.33. The topological polar surface area (TPSA) is 95.9 Å². The van der Waals surface area contributed by atoms with Gasteiger partial charge in [-0.2, -0.15) is 0 Å². The lowest BCUT2D eigenvalue weighted by Crippen LogP contribution is -2.41. The summed E-state index contributed by atoms with van der Waals surface area (Å²) in [5.74, 6) is -1.72. The van der Waals surface area contributed by atoms with Gasteiger partial charge in [0.2, 0.25) is 0 Å². The average Bonchev–Trinajstić information content (AvgIpc) is 2.33. The number of rotatable bonds is 8. The molecule has 110 valence electrons. The molecule has 0 fully saturated rings. The molecule has 1 unspecified atom stereocenters. The quantitative estimate of drug-likeness (QED) is 0.501. The summed E-state index contributed by atoms with van der Waals surface area (Å²) in [4.78, 5) is 34.5. The number of nitrogens with one attached hydrogen (secondary N) is 1. The molecule has 0 radical (unpaired) electrons. The predicted molar refractivity (Wildman–Crippen MR) is 68.7 cm³/mol. The molecular weight excluding hydrogens is 252 g/mol. The van der Waals surface area contributed by atoms with Crippen LogP contribution in [-0.4, -0.2) is 54.7 Å². The molecule has 7 heteroatoms. The van der Waals surface area contributed by atoms with E-state index in [0.29, 0.717) is 19.4 Å². The average molecular weight is 274 g/mol. The number of nitrogens with zero attached hydrogens (tertiary/aromatic N) is 1. The van der Waals surface area contributed by atoms with Crippen LogP contribution in [-0.2, 0) is 14.3 Å². The van der Waals surface area contributed by atoms with Crippen LogP contribution >= 0.6 is 0 Å². The molecule has 2 amide bonds. The zero-order chi connectivity index (χ0) is 14.8. The normalized spacial score (nSPS) is 11.5. The molecule has 0 aromatic rings. The second kappa shape index (κ2) is 9.18. The maximum absolute atomic E-state index is 11.6. The number of carbonyl (C=O) groups is 3. The highest BCUT2D eigenvalue weighted by Crippen LogP contribution is 2.04. The standard InChI is InChI=1S/C12H22N2O5/c1-4-19-10(15)8-14(3)12(18)13-7-5-6-9(2)11(16)17/h9H,4-8H2,1-3H3,(H,13,18)(H,16,17). The lowest BCUT2D eigenvalue weighted by atomic mass is 10.1. The number of urea groups is 1. The zero-order valence-electron chi connectivity index (χ0n) is 11.6. The van der Waals surface area contributed by atoms with Gasteiger partial charge in [0, 0.05) is 13.6 Å². The van der Waals surface area contributed by atoms with Gasteiger partial charge in [0.05, 0.1) is 12.5 Å². The summed E-state index contributed by atoms with van der Waals surface area (Å²) >= 11 is 0. The molecule has 19 heavy (non-hydrogen) atoms. The summed E-state index contributed by atoms with van der Waals surface area (Å²) < 4.78 is 4.72. The molecule has 0 aliphatic heterocycles. The highest BCUT2D eigenvalue weighted by atomic mass is 16.5. The van der Waals surface area contributed by atoms with Crippen molar-refractivity contribution in [2.24, 2.45) is 5.92 Å². The van der Waals surface area contributed by atoms with Crippen molar-refractivity contribution in [1.29, 1.82) is 0 Å². The third kappa shape index (κ3) is 8.01. The van der Waals surface area contributed by atoms with E-state index in [9.17, 15) is 14.4 Å². The monoisotopic (exact) mass is 274 g/mol. The Morgan fingerprint density at radius 1 is 1.37 bits per heavy atom. The van der Waals surface area contributed by atoms with Gasteiger partial charge >= 0.3 is 18.0 Å². The number of ether oxygens (including phenoxy) is 1. The van der Waals surface area contributed by atoms with Gasteiger partial charge in [-0.25, -0.2) is 4.79 Å². The molecule has 0 saturated heterocycles. The number of aliphatic carboxylic acids is 1. The lowest BCUT2D eigenvalue weighted by molar-refractivity contribution is -0.143. The largest absolute Gasteiger partial charge is 0.481 e. The maximum atomic E-state index is 11.6. The van der Waals surface area contributed by atoms with E-state index in [1.165, 1.54) is 11.9 Å². The van der Waals surface area contributed by atoms with Crippen LogP contribution in [0.3, 0.4) is 0 Å². The van der Waals surface area contributed by atoms with Crippen LogP contribution in [0.5, 0.6) is 0 Å². The van der Waals surface area contributed by atoms with Crippen LogP contribution in [0.2, 0.25) is 0 Å². The molecule has 0 heterocycles. The molecule has 0 rings (SSSR count). The molecule has 2 N–H and O–H groups in total. The smallest absolute Gasteiger partial charge is 0.325 e. The highest BCUT2D eigenvalue weighted by molar-refractivity contribution is 5.80. The Hall–Kier alpha value is -1.79. The Morgan fingerprint density at radius 3 is 2.53 bits per heavy atom. The first-order valence-corrected chi connectivity index (χ1v) is 6.25. The maximum Gasteiger partial charge on any atom is 0.325 e. The van der Waals surface area contributed by atoms with E-state index < -0.39 is 17.9 Å². The van der Waals surface area contributed by atoms with Crippen LogP contribution < -0.4 is 5.32 Å². The van der Waals surface area contributed by atoms with Crippen LogP contribution in [0, 0.1) is 5.92 Å². The molecular formula is C12H22N2O5. The number of likely N-dealkylation sites (N-methyl/N-ethyl adjacent to an activating group) is 1. The van der Waals surface area contributed by atoms with Gasteiger partial charge in [-0.05, 0) is 19.8 Å². The zero-order valence-corrected chi connectivity index (χ0v) is 11.6. The lowest BCUT2D eigenvalue weighted by Gasteiger charge is -2.17. The van der Waals surface area contributed by atoms with Crippen molar-refractivity contribution in [2.45, 2.75) is 26.7 Å². The van der Waals surface area contributed by atoms with Gasteiger partial charge in [0.1, 0.15) is 6.54 Å². The summed E-state index contributed by atoms with van der Waals surface area (Å²) in [6.45, 7) is 3.87. The molecule has 7 nitrogen and oxygen atoms in total. The van der Waals surface area contributed by atoms with Crippen molar-refractivity contribution in [2.75, 3.05) is 26.7 Å². The Labute approximate surface area is 112 Å². The van der Waals surface area contributed by atoms with E-state index in [1.54, 1.807) is 13.8 Å². The number of carboxylic acid groups (broad SMARTS) is 1. The van der Waals surface area contributed by atoms with E-state index in [1.807, 2.05) is 0 Å². The Morgan fingerprint density at radius 2 is 2.00 bits per heavy atom. The second-order valence-corrected chi connectivity index (χ2v) is 4.27. The molecule has 1 atom stereocenters. The molecule has 0 saturated carbocycles. The van der Waals surface area contributed by atoms with Crippen molar-refractivity contribution < 1.29 is 24.2 Å². The van der Waals surface area contributed by atoms with E-state index in [4.69, 9.17) is 9.84 Å². The number of esters is 1. The molecule has 0 aromatic carbocycles. The Bertz CT molecular complexity index is 319. The second-order valence-electron chi connectivity index (χ2n) is 4.27. The summed E-state index contributed by atoms with van der Waals surface area (Å²) in [6, 6.07) is -0.379. The summed E-state index contributed by atoms with van der Waals surface area (Å²) in [5.41, 5.74) is 0. The van der Waals surface area contributed by atoms with E-state index in [2.05, 4.69) is 5.32 Å². The van der Waals surface area contributed by atoms with Crippen molar-refractivity contribution >= 4 is 18.0 Å². The third-order valence-electron chi connectivity index (χ3n) is 2.53. The molecule has 0 aromatic heterocycles. The van der Waals surface area contributed by atoms with Gasteiger partial charge in [0.15, 0.2) is 0 Å². The van der Waals surface area contributed by atoms with Crippen molar-refractivity contribution in [3.8, 4) is 0 Å². The van der Waals surface area contributed by atoms with Crippen molar-refractivity contribution in [3.05, 3.63) is 0 Å².